The number of hydrogen-bond donors (Lipinski definition) is 1. The van der Waals surface area contributed by atoms with Crippen molar-refractivity contribution in [1.82, 2.24) is 0 Å². The van der Waals surface area contributed by atoms with E-state index < -0.39 is 5.60 Å². The van der Waals surface area contributed by atoms with Crippen LogP contribution in [0.2, 0.25) is 0 Å². The lowest BCUT2D eigenvalue weighted by atomic mass is 9.95. The summed E-state index contributed by atoms with van der Waals surface area (Å²) in [6, 6.07) is 0. The first-order valence-electron chi connectivity index (χ1n) is 6.36. The lowest BCUT2D eigenvalue weighted by molar-refractivity contribution is -0.0683. The summed E-state index contributed by atoms with van der Waals surface area (Å²) in [6.07, 6.45) is 4.26. The highest BCUT2D eigenvalue weighted by atomic mass is 16.7. The molecule has 1 aliphatic rings. The van der Waals surface area contributed by atoms with Gasteiger partial charge in [0.05, 0.1) is 18.3 Å². The molecule has 0 aliphatic carbocycles. The predicted molar refractivity (Wildman–Crippen MR) is 64.2 cm³/mol. The van der Waals surface area contributed by atoms with E-state index in [1.807, 2.05) is 20.8 Å². The van der Waals surface area contributed by atoms with E-state index in [0.717, 1.165) is 32.3 Å². The molecule has 0 radical (unpaired) electrons. The monoisotopic (exact) mass is 230 g/mol. The number of ether oxygens (including phenoxy) is 2. The van der Waals surface area contributed by atoms with Gasteiger partial charge in [-0.25, -0.2) is 0 Å². The minimum atomic E-state index is -0.533. The van der Waals surface area contributed by atoms with Crippen molar-refractivity contribution in [2.45, 2.75) is 71.4 Å². The highest BCUT2D eigenvalue weighted by molar-refractivity contribution is 4.68. The van der Waals surface area contributed by atoms with Crippen LogP contribution >= 0.6 is 0 Å². The molecule has 0 amide bonds. The topological polar surface area (TPSA) is 38.7 Å². The molecule has 16 heavy (non-hydrogen) atoms. The Balaban J connectivity index is 2.09. The molecule has 1 aliphatic heterocycles. The first-order chi connectivity index (χ1) is 7.37. The molecular weight excluding hydrogens is 204 g/mol. The van der Waals surface area contributed by atoms with Crippen LogP contribution in [0.25, 0.3) is 0 Å². The maximum atomic E-state index is 9.60. The number of aliphatic hydroxyl groups is 1. The summed E-state index contributed by atoms with van der Waals surface area (Å²) in [5.41, 5.74) is -0.533. The first kappa shape index (κ1) is 13.9. The van der Waals surface area contributed by atoms with E-state index in [1.54, 1.807) is 0 Å². The molecule has 3 heteroatoms. The van der Waals surface area contributed by atoms with Crippen LogP contribution in [0.3, 0.4) is 0 Å². The molecule has 0 unspecified atom stereocenters. The van der Waals surface area contributed by atoms with Crippen molar-refractivity contribution in [3.63, 3.8) is 0 Å². The predicted octanol–water partition coefficient (Wildman–Crippen LogP) is 2.72. The van der Waals surface area contributed by atoms with Gasteiger partial charge in [0, 0.05) is 6.42 Å². The van der Waals surface area contributed by atoms with Crippen molar-refractivity contribution in [3.05, 3.63) is 0 Å². The Hall–Kier alpha value is -0.120. The standard InChI is InChI=1S/C13H26O3/c1-10(6-5-7-13(3,4)14)8-12-15-9-11(2)16-12/h10-12,14H,5-9H2,1-4H3/t10-,11+,12-/m0/s1. The van der Waals surface area contributed by atoms with E-state index in [-0.39, 0.29) is 12.4 Å². The smallest absolute Gasteiger partial charge is 0.158 e. The Morgan fingerprint density at radius 3 is 2.62 bits per heavy atom. The fourth-order valence-electron chi connectivity index (χ4n) is 2.03. The molecule has 0 saturated carbocycles. The zero-order valence-electron chi connectivity index (χ0n) is 11.0. The molecule has 1 saturated heterocycles. The van der Waals surface area contributed by atoms with Gasteiger partial charge >= 0.3 is 0 Å². The average Bonchev–Trinajstić information content (AvgIpc) is 2.48. The highest BCUT2D eigenvalue weighted by Crippen LogP contribution is 2.23. The average molecular weight is 230 g/mol. The second-order valence-electron chi connectivity index (χ2n) is 5.76. The Bertz CT molecular complexity index is 198. The van der Waals surface area contributed by atoms with Gasteiger partial charge < -0.3 is 14.6 Å². The van der Waals surface area contributed by atoms with Gasteiger partial charge in [0.15, 0.2) is 6.29 Å². The van der Waals surface area contributed by atoms with Gasteiger partial charge in [0.1, 0.15) is 0 Å². The molecular formula is C13H26O3. The summed E-state index contributed by atoms with van der Waals surface area (Å²) < 4.78 is 11.1. The van der Waals surface area contributed by atoms with E-state index in [0.29, 0.717) is 5.92 Å². The van der Waals surface area contributed by atoms with E-state index in [9.17, 15) is 5.11 Å². The fourth-order valence-corrected chi connectivity index (χ4v) is 2.03. The highest BCUT2D eigenvalue weighted by Gasteiger charge is 2.24. The van der Waals surface area contributed by atoms with Gasteiger partial charge in [-0.3, -0.25) is 0 Å². The molecule has 0 bridgehead atoms. The third-order valence-electron chi connectivity index (χ3n) is 2.98. The maximum absolute atomic E-state index is 9.60. The largest absolute Gasteiger partial charge is 0.390 e. The summed E-state index contributed by atoms with van der Waals surface area (Å²) in [4.78, 5) is 0. The van der Waals surface area contributed by atoms with Gasteiger partial charge in [-0.05, 0) is 33.1 Å². The maximum Gasteiger partial charge on any atom is 0.158 e. The summed E-state index contributed by atoms with van der Waals surface area (Å²) in [7, 11) is 0. The summed E-state index contributed by atoms with van der Waals surface area (Å²) in [5, 5.41) is 9.60. The van der Waals surface area contributed by atoms with Crippen molar-refractivity contribution in [1.29, 1.82) is 0 Å². The molecule has 3 nitrogen and oxygen atoms in total. The summed E-state index contributed by atoms with van der Waals surface area (Å²) in [5.74, 6) is 0.595. The SMILES string of the molecule is C[C@@H](CCCC(C)(C)O)C[C@H]1OC[C@@H](C)O1. The van der Waals surface area contributed by atoms with Crippen LogP contribution in [0.4, 0.5) is 0 Å². The van der Waals surface area contributed by atoms with E-state index in [4.69, 9.17) is 9.47 Å². The van der Waals surface area contributed by atoms with Crippen molar-refractivity contribution in [3.8, 4) is 0 Å². The Morgan fingerprint density at radius 1 is 1.44 bits per heavy atom. The Kier molecular flexibility index (Phi) is 5.22. The fraction of sp³-hybridized carbons (Fsp3) is 1.00. The molecule has 3 atom stereocenters. The molecule has 1 heterocycles. The summed E-state index contributed by atoms with van der Waals surface area (Å²) >= 11 is 0. The lowest BCUT2D eigenvalue weighted by Gasteiger charge is -2.19. The van der Waals surface area contributed by atoms with Crippen LogP contribution in [0.5, 0.6) is 0 Å². The molecule has 96 valence electrons. The third-order valence-corrected chi connectivity index (χ3v) is 2.98. The van der Waals surface area contributed by atoms with Crippen LogP contribution < -0.4 is 0 Å². The van der Waals surface area contributed by atoms with Crippen molar-refractivity contribution >= 4 is 0 Å². The zero-order valence-corrected chi connectivity index (χ0v) is 11.0. The van der Waals surface area contributed by atoms with E-state index in [2.05, 4.69) is 6.92 Å². The minimum absolute atomic E-state index is 0.00728. The molecule has 0 aromatic rings. The van der Waals surface area contributed by atoms with Crippen molar-refractivity contribution < 1.29 is 14.6 Å². The van der Waals surface area contributed by atoms with Crippen molar-refractivity contribution in [2.75, 3.05) is 6.61 Å². The molecule has 0 spiro atoms. The van der Waals surface area contributed by atoms with Gasteiger partial charge in [0.2, 0.25) is 0 Å². The summed E-state index contributed by atoms with van der Waals surface area (Å²) in [6.45, 7) is 8.71. The van der Waals surface area contributed by atoms with Crippen LogP contribution in [0, 0.1) is 5.92 Å². The Labute approximate surface area is 99.1 Å². The molecule has 1 fully saturated rings. The van der Waals surface area contributed by atoms with Gasteiger partial charge in [-0.15, -0.1) is 0 Å². The second-order valence-corrected chi connectivity index (χ2v) is 5.76. The molecule has 1 N–H and O–H groups in total. The van der Waals surface area contributed by atoms with E-state index in [1.165, 1.54) is 0 Å². The minimum Gasteiger partial charge on any atom is -0.390 e. The van der Waals surface area contributed by atoms with Gasteiger partial charge in [0.25, 0.3) is 0 Å². The Morgan fingerprint density at radius 2 is 2.12 bits per heavy atom. The van der Waals surface area contributed by atoms with Gasteiger partial charge in [-0.2, -0.15) is 0 Å². The molecule has 0 aromatic carbocycles. The molecule has 1 rings (SSSR count). The quantitative estimate of drug-likeness (QED) is 0.762. The second kappa shape index (κ2) is 5.99. The number of hydrogen-bond acceptors (Lipinski definition) is 3. The van der Waals surface area contributed by atoms with Crippen LogP contribution in [-0.2, 0) is 9.47 Å². The first-order valence-corrected chi connectivity index (χ1v) is 6.36. The third kappa shape index (κ3) is 5.83. The molecule has 0 aromatic heterocycles. The van der Waals surface area contributed by atoms with E-state index >= 15 is 0 Å². The normalized spacial score (nSPS) is 28.3. The van der Waals surface area contributed by atoms with Crippen LogP contribution in [-0.4, -0.2) is 29.7 Å². The van der Waals surface area contributed by atoms with Crippen molar-refractivity contribution in [2.24, 2.45) is 5.92 Å². The lowest BCUT2D eigenvalue weighted by Crippen LogP contribution is -2.19. The van der Waals surface area contributed by atoms with Crippen LogP contribution in [0.1, 0.15) is 53.4 Å². The zero-order chi connectivity index (χ0) is 12.2. The number of rotatable bonds is 6. The van der Waals surface area contributed by atoms with Crippen LogP contribution in [0.15, 0.2) is 0 Å². The van der Waals surface area contributed by atoms with Gasteiger partial charge in [-0.1, -0.05) is 19.8 Å².